The van der Waals surface area contributed by atoms with Gasteiger partial charge in [-0.1, -0.05) is 30.3 Å². The molecular weight excluding hydrogens is 236 g/mol. The van der Waals surface area contributed by atoms with Gasteiger partial charge in [-0.3, -0.25) is 0 Å². The molecule has 0 bridgehead atoms. The molecule has 2 aromatic carbocycles. The molecule has 0 unspecified atom stereocenters. The summed E-state index contributed by atoms with van der Waals surface area (Å²) in [6.07, 6.45) is 0. The Morgan fingerprint density at radius 1 is 1.16 bits per heavy atom. The second kappa shape index (κ2) is 5.59. The van der Waals surface area contributed by atoms with Crippen molar-refractivity contribution in [3.05, 3.63) is 42.0 Å². The van der Waals surface area contributed by atoms with Crippen LogP contribution in [-0.2, 0) is 0 Å². The van der Waals surface area contributed by atoms with Gasteiger partial charge in [0, 0.05) is 31.2 Å². The summed E-state index contributed by atoms with van der Waals surface area (Å²) >= 11 is 0. The van der Waals surface area contributed by atoms with Gasteiger partial charge in [-0.05, 0) is 23.8 Å². The lowest BCUT2D eigenvalue weighted by Crippen LogP contribution is -2.42. The van der Waals surface area contributed by atoms with Gasteiger partial charge in [0.25, 0.3) is 0 Å². The number of nitrogens with one attached hydrogen (secondary N) is 2. The molecule has 100 valence electrons. The van der Waals surface area contributed by atoms with Crippen LogP contribution in [0.3, 0.4) is 0 Å². The molecule has 0 aliphatic carbocycles. The Bertz CT molecular complexity index is 562. The van der Waals surface area contributed by atoms with Gasteiger partial charge in [0.15, 0.2) is 0 Å². The summed E-state index contributed by atoms with van der Waals surface area (Å²) in [6, 6.07) is 13.1. The predicted octanol–water partition coefficient (Wildman–Crippen LogP) is 2.47. The van der Waals surface area contributed by atoms with Crippen LogP contribution >= 0.6 is 0 Å². The molecule has 0 radical (unpaired) electrons. The predicted molar refractivity (Wildman–Crippen MR) is 78.7 cm³/mol. The number of hydrogen-bond donors (Lipinski definition) is 2. The van der Waals surface area contributed by atoms with Crippen molar-refractivity contribution in [1.82, 2.24) is 10.6 Å². The smallest absolute Gasteiger partial charge is 0.124 e. The summed E-state index contributed by atoms with van der Waals surface area (Å²) in [4.78, 5) is 0. The topological polar surface area (TPSA) is 33.3 Å². The zero-order valence-electron chi connectivity index (χ0n) is 11.3. The van der Waals surface area contributed by atoms with Gasteiger partial charge < -0.3 is 15.4 Å². The quantitative estimate of drug-likeness (QED) is 0.885. The van der Waals surface area contributed by atoms with Gasteiger partial charge in [-0.15, -0.1) is 0 Å². The third-order valence-electron chi connectivity index (χ3n) is 3.62. The monoisotopic (exact) mass is 256 g/mol. The lowest BCUT2D eigenvalue weighted by atomic mass is 9.96. The number of fused-ring (bicyclic) bond motifs is 1. The maximum atomic E-state index is 5.83. The fraction of sp³-hybridized carbons (Fsp3) is 0.375. The Morgan fingerprint density at radius 2 is 2.05 bits per heavy atom. The molecule has 1 saturated heterocycles. The van der Waals surface area contributed by atoms with Gasteiger partial charge in [0.05, 0.1) is 6.61 Å². The van der Waals surface area contributed by atoms with Crippen molar-refractivity contribution in [3.8, 4) is 5.75 Å². The second-order valence-corrected chi connectivity index (χ2v) is 4.84. The summed E-state index contributed by atoms with van der Waals surface area (Å²) in [5.74, 6) is 1.00. The zero-order chi connectivity index (χ0) is 13.1. The fourth-order valence-electron chi connectivity index (χ4n) is 2.77. The average molecular weight is 256 g/mol. The summed E-state index contributed by atoms with van der Waals surface area (Å²) in [7, 11) is 0. The fourth-order valence-corrected chi connectivity index (χ4v) is 2.77. The van der Waals surface area contributed by atoms with Crippen LogP contribution in [0.25, 0.3) is 10.8 Å². The van der Waals surface area contributed by atoms with Gasteiger partial charge in [0.1, 0.15) is 5.75 Å². The highest BCUT2D eigenvalue weighted by atomic mass is 16.5. The minimum absolute atomic E-state index is 0.321. The third kappa shape index (κ3) is 2.44. The van der Waals surface area contributed by atoms with Crippen molar-refractivity contribution in [2.75, 3.05) is 26.2 Å². The van der Waals surface area contributed by atoms with Crippen molar-refractivity contribution in [2.24, 2.45) is 0 Å². The van der Waals surface area contributed by atoms with Crippen LogP contribution < -0.4 is 15.4 Å². The molecule has 1 aliphatic rings. The summed E-state index contributed by atoms with van der Waals surface area (Å²) in [5, 5.41) is 9.59. The molecule has 0 aromatic heterocycles. The molecule has 0 saturated carbocycles. The van der Waals surface area contributed by atoms with E-state index in [1.165, 1.54) is 16.3 Å². The molecule has 19 heavy (non-hydrogen) atoms. The molecule has 1 heterocycles. The van der Waals surface area contributed by atoms with Crippen LogP contribution in [0.5, 0.6) is 5.75 Å². The summed E-state index contributed by atoms with van der Waals surface area (Å²) in [5.41, 5.74) is 1.28. The van der Waals surface area contributed by atoms with E-state index in [2.05, 4.69) is 47.0 Å². The summed E-state index contributed by atoms with van der Waals surface area (Å²) in [6.45, 7) is 5.72. The molecule has 2 N–H and O–H groups in total. The minimum Gasteiger partial charge on any atom is -0.494 e. The van der Waals surface area contributed by atoms with Crippen LogP contribution in [-0.4, -0.2) is 26.2 Å². The van der Waals surface area contributed by atoms with Crippen molar-refractivity contribution in [3.63, 3.8) is 0 Å². The van der Waals surface area contributed by atoms with E-state index in [0.717, 1.165) is 25.4 Å². The SMILES string of the molecule is CCOc1ccc2ccccc2c1[C@@H]1CNCCN1. The Labute approximate surface area is 114 Å². The van der Waals surface area contributed by atoms with Crippen molar-refractivity contribution >= 4 is 10.8 Å². The van der Waals surface area contributed by atoms with E-state index in [4.69, 9.17) is 4.74 Å². The van der Waals surface area contributed by atoms with E-state index in [9.17, 15) is 0 Å². The molecule has 0 spiro atoms. The highest BCUT2D eigenvalue weighted by Crippen LogP contribution is 2.33. The molecule has 2 aromatic rings. The standard InChI is InChI=1S/C16H20N2O/c1-2-19-15-8-7-12-5-3-4-6-13(12)16(15)14-11-17-9-10-18-14/h3-8,14,17-18H,2,9-11H2,1H3/t14-/m0/s1. The van der Waals surface area contributed by atoms with Gasteiger partial charge in [0.2, 0.25) is 0 Å². The van der Waals surface area contributed by atoms with E-state index >= 15 is 0 Å². The maximum Gasteiger partial charge on any atom is 0.124 e. The van der Waals surface area contributed by atoms with Gasteiger partial charge in [-0.25, -0.2) is 0 Å². The van der Waals surface area contributed by atoms with Crippen LogP contribution in [0, 0.1) is 0 Å². The van der Waals surface area contributed by atoms with Crippen LogP contribution in [0.15, 0.2) is 36.4 Å². The molecule has 3 heteroatoms. The van der Waals surface area contributed by atoms with Crippen LogP contribution in [0.1, 0.15) is 18.5 Å². The van der Waals surface area contributed by atoms with E-state index in [0.29, 0.717) is 12.6 Å². The summed E-state index contributed by atoms with van der Waals surface area (Å²) < 4.78 is 5.83. The molecule has 3 nitrogen and oxygen atoms in total. The average Bonchev–Trinajstić information content (AvgIpc) is 2.48. The van der Waals surface area contributed by atoms with E-state index in [1.54, 1.807) is 0 Å². The molecule has 3 rings (SSSR count). The van der Waals surface area contributed by atoms with Crippen LogP contribution in [0.2, 0.25) is 0 Å². The van der Waals surface area contributed by atoms with E-state index in [1.807, 2.05) is 6.92 Å². The zero-order valence-corrected chi connectivity index (χ0v) is 11.3. The number of hydrogen-bond acceptors (Lipinski definition) is 3. The van der Waals surface area contributed by atoms with E-state index < -0.39 is 0 Å². The highest BCUT2D eigenvalue weighted by Gasteiger charge is 2.20. The Morgan fingerprint density at radius 3 is 2.84 bits per heavy atom. The third-order valence-corrected chi connectivity index (χ3v) is 3.62. The van der Waals surface area contributed by atoms with Crippen molar-refractivity contribution in [2.45, 2.75) is 13.0 Å². The second-order valence-electron chi connectivity index (χ2n) is 4.84. The number of benzene rings is 2. The number of ether oxygens (including phenoxy) is 1. The van der Waals surface area contributed by atoms with Crippen molar-refractivity contribution in [1.29, 1.82) is 0 Å². The lowest BCUT2D eigenvalue weighted by Gasteiger charge is -2.27. The Hall–Kier alpha value is -1.58. The Balaban J connectivity index is 2.13. The van der Waals surface area contributed by atoms with Gasteiger partial charge in [-0.2, -0.15) is 0 Å². The highest BCUT2D eigenvalue weighted by molar-refractivity contribution is 5.88. The van der Waals surface area contributed by atoms with E-state index in [-0.39, 0.29) is 0 Å². The first-order valence-corrected chi connectivity index (χ1v) is 6.98. The van der Waals surface area contributed by atoms with Gasteiger partial charge >= 0.3 is 0 Å². The molecule has 0 amide bonds. The number of rotatable bonds is 3. The van der Waals surface area contributed by atoms with Crippen LogP contribution in [0.4, 0.5) is 0 Å². The first-order chi connectivity index (χ1) is 9.40. The normalized spacial score (nSPS) is 19.5. The number of piperazine rings is 1. The lowest BCUT2D eigenvalue weighted by molar-refractivity contribution is 0.328. The van der Waals surface area contributed by atoms with Crippen molar-refractivity contribution < 1.29 is 4.74 Å². The molecular formula is C16H20N2O. The first kappa shape index (κ1) is 12.5. The molecule has 1 atom stereocenters. The molecule has 1 fully saturated rings. The largest absolute Gasteiger partial charge is 0.494 e. The Kier molecular flexibility index (Phi) is 3.67. The first-order valence-electron chi connectivity index (χ1n) is 6.98. The molecule has 1 aliphatic heterocycles. The maximum absolute atomic E-state index is 5.83. The minimum atomic E-state index is 0.321.